The average molecular weight is 243 g/mol. The van der Waals surface area contributed by atoms with E-state index in [4.69, 9.17) is 11.6 Å². The molecule has 0 aliphatic rings. The number of hydrogen-bond donors (Lipinski definition) is 1. The number of aliphatic imine (C=N–C) groups is 1. The lowest BCUT2D eigenvalue weighted by molar-refractivity contribution is 0.464. The number of rotatable bonds is 3. The van der Waals surface area contributed by atoms with Crippen molar-refractivity contribution < 1.29 is 0 Å². The van der Waals surface area contributed by atoms with Crippen molar-refractivity contribution in [2.75, 3.05) is 20.6 Å². The molecule has 90 valence electrons. The van der Waals surface area contributed by atoms with Crippen molar-refractivity contribution in [1.82, 2.24) is 14.8 Å². The number of nitrogens with one attached hydrogen (secondary N) is 1. The molecule has 1 rings (SSSR count). The molecule has 1 heterocycles. The van der Waals surface area contributed by atoms with E-state index >= 15 is 0 Å². The Morgan fingerprint density at radius 1 is 1.62 bits per heavy atom. The first-order valence-electron chi connectivity index (χ1n) is 5.31. The van der Waals surface area contributed by atoms with Gasteiger partial charge in [-0.1, -0.05) is 11.6 Å². The molecule has 0 saturated carbocycles. The summed E-state index contributed by atoms with van der Waals surface area (Å²) in [5, 5.41) is 3.98. The molecule has 0 amide bonds. The van der Waals surface area contributed by atoms with Crippen molar-refractivity contribution in [3.63, 3.8) is 0 Å². The van der Waals surface area contributed by atoms with Crippen LogP contribution in [0.15, 0.2) is 17.3 Å². The van der Waals surface area contributed by atoms with Crippen LogP contribution in [0.5, 0.6) is 0 Å². The fourth-order valence-corrected chi connectivity index (χ4v) is 1.86. The van der Waals surface area contributed by atoms with Crippen LogP contribution in [0.4, 0.5) is 0 Å². The predicted octanol–water partition coefficient (Wildman–Crippen LogP) is 1.71. The third-order valence-corrected chi connectivity index (χ3v) is 2.59. The second kappa shape index (κ2) is 5.80. The molecule has 0 radical (unpaired) electrons. The van der Waals surface area contributed by atoms with Crippen LogP contribution in [0, 0.1) is 0 Å². The summed E-state index contributed by atoms with van der Waals surface area (Å²) >= 11 is 5.94. The molecule has 0 atom stereocenters. The molecule has 4 nitrogen and oxygen atoms in total. The summed E-state index contributed by atoms with van der Waals surface area (Å²) in [6, 6.07) is 1.97. The van der Waals surface area contributed by atoms with Crippen molar-refractivity contribution in [2.45, 2.75) is 13.5 Å². The summed E-state index contributed by atoms with van der Waals surface area (Å²) in [5.41, 5.74) is 1.16. The lowest BCUT2D eigenvalue weighted by atomic mass is 10.4. The molecule has 1 aromatic heterocycles. The standard InChI is InChI=1S/C11H19ClN4/c1-5-14-11(13-2)16(4)8-10-6-9(12)7-15(10)3/h6-7H,5,8H2,1-4H3,(H,13,14). The maximum Gasteiger partial charge on any atom is 0.193 e. The summed E-state index contributed by atoms with van der Waals surface area (Å²) < 4.78 is 2.03. The van der Waals surface area contributed by atoms with Crippen molar-refractivity contribution >= 4 is 17.6 Å². The molecule has 1 N–H and O–H groups in total. The van der Waals surface area contributed by atoms with Crippen molar-refractivity contribution in [1.29, 1.82) is 0 Å². The normalized spacial score (nSPS) is 11.7. The zero-order valence-electron chi connectivity index (χ0n) is 10.3. The van der Waals surface area contributed by atoms with Crippen molar-refractivity contribution in [3.05, 3.63) is 23.0 Å². The van der Waals surface area contributed by atoms with E-state index in [1.165, 1.54) is 0 Å². The highest BCUT2D eigenvalue weighted by Crippen LogP contribution is 2.13. The van der Waals surface area contributed by atoms with E-state index in [9.17, 15) is 0 Å². The van der Waals surface area contributed by atoms with Gasteiger partial charge in [-0.3, -0.25) is 4.99 Å². The number of nitrogens with zero attached hydrogens (tertiary/aromatic N) is 3. The SMILES string of the molecule is CCNC(=NC)N(C)Cc1cc(Cl)cn1C. The molecule has 0 fully saturated rings. The van der Waals surface area contributed by atoms with Crippen LogP contribution in [-0.2, 0) is 13.6 Å². The summed E-state index contributed by atoms with van der Waals surface area (Å²) in [7, 11) is 5.78. The van der Waals surface area contributed by atoms with Gasteiger partial charge in [-0.15, -0.1) is 0 Å². The molecule has 16 heavy (non-hydrogen) atoms. The van der Waals surface area contributed by atoms with E-state index in [1.807, 2.05) is 30.9 Å². The zero-order valence-corrected chi connectivity index (χ0v) is 11.0. The second-order valence-electron chi connectivity index (χ2n) is 3.69. The first-order valence-corrected chi connectivity index (χ1v) is 5.68. The quantitative estimate of drug-likeness (QED) is 0.647. The van der Waals surface area contributed by atoms with Gasteiger partial charge in [0.05, 0.1) is 11.6 Å². The molecule has 0 spiro atoms. The summed E-state index contributed by atoms with van der Waals surface area (Å²) in [5.74, 6) is 0.889. The van der Waals surface area contributed by atoms with Crippen LogP contribution in [0.25, 0.3) is 0 Å². The molecule has 1 aromatic rings. The van der Waals surface area contributed by atoms with Gasteiger partial charge < -0.3 is 14.8 Å². The van der Waals surface area contributed by atoms with Gasteiger partial charge in [0.1, 0.15) is 0 Å². The minimum Gasteiger partial charge on any atom is -0.357 e. The molecule has 0 bridgehead atoms. The fourth-order valence-electron chi connectivity index (χ4n) is 1.58. The minimum absolute atomic E-state index is 0.768. The Labute approximate surface area is 102 Å². The van der Waals surface area contributed by atoms with E-state index < -0.39 is 0 Å². The lowest BCUT2D eigenvalue weighted by Gasteiger charge is -2.21. The summed E-state index contributed by atoms with van der Waals surface area (Å²) in [4.78, 5) is 6.26. The van der Waals surface area contributed by atoms with E-state index in [1.54, 1.807) is 7.05 Å². The zero-order chi connectivity index (χ0) is 12.1. The Morgan fingerprint density at radius 2 is 2.31 bits per heavy atom. The smallest absolute Gasteiger partial charge is 0.193 e. The number of hydrogen-bond acceptors (Lipinski definition) is 1. The van der Waals surface area contributed by atoms with E-state index in [2.05, 4.69) is 22.1 Å². The largest absolute Gasteiger partial charge is 0.357 e. The highest BCUT2D eigenvalue weighted by atomic mass is 35.5. The van der Waals surface area contributed by atoms with Gasteiger partial charge >= 0.3 is 0 Å². The molecule has 0 aliphatic heterocycles. The van der Waals surface area contributed by atoms with Crippen LogP contribution in [0.3, 0.4) is 0 Å². The molecule has 5 heteroatoms. The fraction of sp³-hybridized carbons (Fsp3) is 0.545. The number of guanidine groups is 1. The second-order valence-corrected chi connectivity index (χ2v) is 4.13. The van der Waals surface area contributed by atoms with E-state index in [-0.39, 0.29) is 0 Å². The van der Waals surface area contributed by atoms with Gasteiger partial charge in [-0.25, -0.2) is 0 Å². The summed E-state index contributed by atoms with van der Waals surface area (Å²) in [6.07, 6.45) is 1.90. The van der Waals surface area contributed by atoms with Gasteiger partial charge in [0, 0.05) is 39.6 Å². The Morgan fingerprint density at radius 3 is 2.75 bits per heavy atom. The molecular formula is C11H19ClN4. The molecule has 0 saturated heterocycles. The van der Waals surface area contributed by atoms with Crippen LogP contribution in [-0.4, -0.2) is 36.1 Å². The maximum atomic E-state index is 5.94. The van der Waals surface area contributed by atoms with Gasteiger partial charge in [0.2, 0.25) is 0 Å². The van der Waals surface area contributed by atoms with Gasteiger partial charge in [-0.05, 0) is 13.0 Å². The molecule has 0 unspecified atom stereocenters. The average Bonchev–Trinajstić information content (AvgIpc) is 2.53. The highest BCUT2D eigenvalue weighted by Gasteiger charge is 2.08. The van der Waals surface area contributed by atoms with Crippen molar-refractivity contribution in [3.8, 4) is 0 Å². The minimum atomic E-state index is 0.768. The van der Waals surface area contributed by atoms with Crippen LogP contribution in [0.1, 0.15) is 12.6 Å². The van der Waals surface area contributed by atoms with Crippen LogP contribution < -0.4 is 5.32 Å². The lowest BCUT2D eigenvalue weighted by Crippen LogP contribution is -2.38. The van der Waals surface area contributed by atoms with Crippen LogP contribution >= 0.6 is 11.6 Å². The predicted molar refractivity (Wildman–Crippen MR) is 68.9 cm³/mol. The number of aryl methyl sites for hydroxylation is 1. The first kappa shape index (κ1) is 12.9. The number of halogens is 1. The topological polar surface area (TPSA) is 32.6 Å². The van der Waals surface area contributed by atoms with Crippen LogP contribution in [0.2, 0.25) is 5.02 Å². The third kappa shape index (κ3) is 3.17. The molecule has 0 aromatic carbocycles. The third-order valence-electron chi connectivity index (χ3n) is 2.38. The Hall–Kier alpha value is -1.16. The Balaban J connectivity index is 2.70. The maximum absolute atomic E-state index is 5.94. The first-order chi connectivity index (χ1) is 7.58. The molecule has 0 aliphatic carbocycles. The number of aromatic nitrogens is 1. The summed E-state index contributed by atoms with van der Waals surface area (Å²) in [6.45, 7) is 3.70. The highest BCUT2D eigenvalue weighted by molar-refractivity contribution is 6.30. The van der Waals surface area contributed by atoms with Gasteiger partial charge in [-0.2, -0.15) is 0 Å². The van der Waals surface area contributed by atoms with E-state index in [0.717, 1.165) is 29.8 Å². The Bertz CT molecular complexity index is 370. The monoisotopic (exact) mass is 242 g/mol. The van der Waals surface area contributed by atoms with E-state index in [0.29, 0.717) is 0 Å². The molecular weight excluding hydrogens is 224 g/mol. The van der Waals surface area contributed by atoms with Gasteiger partial charge in [0.25, 0.3) is 0 Å². The van der Waals surface area contributed by atoms with Crippen molar-refractivity contribution in [2.24, 2.45) is 12.0 Å². The Kier molecular flexibility index (Phi) is 4.68. The van der Waals surface area contributed by atoms with Gasteiger partial charge in [0.15, 0.2) is 5.96 Å².